The third kappa shape index (κ3) is 2.46. The Bertz CT molecular complexity index is 303. The SMILES string of the molecule is CC(CO)n1ccc(OCC#N)n1. The molecule has 0 fully saturated rings. The number of aliphatic hydroxyl groups is 1. The van der Waals surface area contributed by atoms with Gasteiger partial charge in [0.15, 0.2) is 6.61 Å². The van der Waals surface area contributed by atoms with Crippen LogP contribution in [0.2, 0.25) is 0 Å². The Balaban J connectivity index is 2.59. The predicted molar refractivity (Wildman–Crippen MR) is 45.1 cm³/mol. The molecule has 0 bridgehead atoms. The van der Waals surface area contributed by atoms with E-state index in [0.717, 1.165) is 0 Å². The van der Waals surface area contributed by atoms with Gasteiger partial charge in [0.05, 0.1) is 12.6 Å². The van der Waals surface area contributed by atoms with Crippen LogP contribution >= 0.6 is 0 Å². The second-order valence-electron chi connectivity index (χ2n) is 2.61. The molecule has 0 saturated heterocycles. The van der Waals surface area contributed by atoms with Crippen LogP contribution in [0.4, 0.5) is 0 Å². The van der Waals surface area contributed by atoms with Crippen molar-refractivity contribution < 1.29 is 9.84 Å². The summed E-state index contributed by atoms with van der Waals surface area (Å²) < 4.78 is 6.55. The van der Waals surface area contributed by atoms with Crippen molar-refractivity contribution in [2.75, 3.05) is 13.2 Å². The van der Waals surface area contributed by atoms with Crippen molar-refractivity contribution in [3.05, 3.63) is 12.3 Å². The second-order valence-corrected chi connectivity index (χ2v) is 2.61. The highest BCUT2D eigenvalue weighted by molar-refractivity contribution is 5.06. The number of ether oxygens (including phenoxy) is 1. The van der Waals surface area contributed by atoms with E-state index in [1.165, 1.54) is 0 Å². The van der Waals surface area contributed by atoms with E-state index in [4.69, 9.17) is 15.1 Å². The van der Waals surface area contributed by atoms with Crippen LogP contribution in [0.5, 0.6) is 5.88 Å². The monoisotopic (exact) mass is 181 g/mol. The van der Waals surface area contributed by atoms with E-state index in [1.54, 1.807) is 16.9 Å². The Kier molecular flexibility index (Phi) is 3.29. The molecule has 1 heterocycles. The van der Waals surface area contributed by atoms with E-state index >= 15 is 0 Å². The van der Waals surface area contributed by atoms with Crippen LogP contribution in [-0.2, 0) is 0 Å². The Labute approximate surface area is 76.2 Å². The van der Waals surface area contributed by atoms with Crippen molar-refractivity contribution in [2.24, 2.45) is 0 Å². The van der Waals surface area contributed by atoms with Gasteiger partial charge in [0, 0.05) is 12.3 Å². The van der Waals surface area contributed by atoms with E-state index in [9.17, 15) is 0 Å². The molecule has 0 aliphatic carbocycles. The quantitative estimate of drug-likeness (QED) is 0.727. The second kappa shape index (κ2) is 4.48. The molecular formula is C8H11N3O2. The normalized spacial score (nSPS) is 12.1. The number of aromatic nitrogens is 2. The van der Waals surface area contributed by atoms with Crippen molar-refractivity contribution in [3.8, 4) is 11.9 Å². The van der Waals surface area contributed by atoms with Crippen LogP contribution in [0.3, 0.4) is 0 Å². The Morgan fingerprint density at radius 3 is 3.23 bits per heavy atom. The summed E-state index contributed by atoms with van der Waals surface area (Å²) >= 11 is 0. The molecule has 1 aromatic rings. The van der Waals surface area contributed by atoms with E-state index in [0.29, 0.717) is 5.88 Å². The molecule has 70 valence electrons. The summed E-state index contributed by atoms with van der Waals surface area (Å²) in [6.45, 7) is 1.85. The van der Waals surface area contributed by atoms with Crippen molar-refractivity contribution in [1.82, 2.24) is 9.78 Å². The molecular weight excluding hydrogens is 170 g/mol. The fraction of sp³-hybridized carbons (Fsp3) is 0.500. The van der Waals surface area contributed by atoms with Crippen LogP contribution in [0, 0.1) is 11.3 Å². The third-order valence-electron chi connectivity index (χ3n) is 1.58. The smallest absolute Gasteiger partial charge is 0.233 e. The minimum absolute atomic E-state index is 0.00941. The van der Waals surface area contributed by atoms with Crippen molar-refractivity contribution in [2.45, 2.75) is 13.0 Å². The highest BCUT2D eigenvalue weighted by Gasteiger charge is 2.05. The molecule has 1 rings (SSSR count). The van der Waals surface area contributed by atoms with Crippen molar-refractivity contribution in [3.63, 3.8) is 0 Å². The minimum Gasteiger partial charge on any atom is -0.461 e. The maximum atomic E-state index is 8.82. The highest BCUT2D eigenvalue weighted by Crippen LogP contribution is 2.09. The molecule has 1 N–H and O–H groups in total. The minimum atomic E-state index is -0.0700. The molecule has 1 aromatic heterocycles. The molecule has 0 saturated carbocycles. The van der Waals surface area contributed by atoms with Gasteiger partial charge in [0.1, 0.15) is 6.07 Å². The lowest BCUT2D eigenvalue weighted by molar-refractivity contribution is 0.227. The van der Waals surface area contributed by atoms with E-state index in [1.807, 2.05) is 13.0 Å². The average Bonchev–Trinajstić information content (AvgIpc) is 2.62. The van der Waals surface area contributed by atoms with Gasteiger partial charge in [-0.1, -0.05) is 0 Å². The molecule has 0 aliphatic rings. The van der Waals surface area contributed by atoms with Gasteiger partial charge in [0.2, 0.25) is 5.88 Å². The maximum Gasteiger partial charge on any atom is 0.233 e. The van der Waals surface area contributed by atoms with E-state index < -0.39 is 0 Å². The lowest BCUT2D eigenvalue weighted by atomic mass is 10.4. The number of nitriles is 1. The number of hydrogen-bond acceptors (Lipinski definition) is 4. The van der Waals surface area contributed by atoms with Crippen LogP contribution in [0.15, 0.2) is 12.3 Å². The number of rotatable bonds is 4. The van der Waals surface area contributed by atoms with Crippen molar-refractivity contribution >= 4 is 0 Å². The van der Waals surface area contributed by atoms with Gasteiger partial charge in [-0.25, -0.2) is 0 Å². The zero-order chi connectivity index (χ0) is 9.68. The highest BCUT2D eigenvalue weighted by atomic mass is 16.5. The fourth-order valence-corrected chi connectivity index (χ4v) is 0.833. The first-order chi connectivity index (χ1) is 6.27. The first kappa shape index (κ1) is 9.55. The number of aliphatic hydroxyl groups excluding tert-OH is 1. The number of hydrogen-bond donors (Lipinski definition) is 1. The molecule has 1 atom stereocenters. The van der Waals surface area contributed by atoms with E-state index in [-0.39, 0.29) is 19.3 Å². The van der Waals surface area contributed by atoms with Gasteiger partial charge in [-0.3, -0.25) is 4.68 Å². The standard InChI is InChI=1S/C8H11N3O2/c1-7(6-12)11-4-2-8(10-11)13-5-3-9/h2,4,7,12H,5-6H2,1H3. The molecule has 0 amide bonds. The van der Waals surface area contributed by atoms with Gasteiger partial charge < -0.3 is 9.84 Å². The summed E-state index contributed by atoms with van der Waals surface area (Å²) in [7, 11) is 0. The third-order valence-corrected chi connectivity index (χ3v) is 1.58. The first-order valence-electron chi connectivity index (χ1n) is 3.93. The summed E-state index contributed by atoms with van der Waals surface area (Å²) in [5.41, 5.74) is 0. The predicted octanol–water partition coefficient (Wildman–Crippen LogP) is 0.339. The van der Waals surface area contributed by atoms with Gasteiger partial charge in [-0.2, -0.15) is 5.26 Å². The molecule has 0 aromatic carbocycles. The lowest BCUT2D eigenvalue weighted by Crippen LogP contribution is -2.09. The zero-order valence-corrected chi connectivity index (χ0v) is 7.34. The Morgan fingerprint density at radius 1 is 1.85 bits per heavy atom. The molecule has 1 unspecified atom stereocenters. The van der Waals surface area contributed by atoms with Crippen LogP contribution in [-0.4, -0.2) is 28.1 Å². The Hall–Kier alpha value is -1.54. The summed E-state index contributed by atoms with van der Waals surface area (Å²) in [5.74, 6) is 0.404. The van der Waals surface area contributed by atoms with Crippen molar-refractivity contribution in [1.29, 1.82) is 5.26 Å². The molecule has 5 nitrogen and oxygen atoms in total. The van der Waals surface area contributed by atoms with Gasteiger partial charge in [-0.15, -0.1) is 5.10 Å². The first-order valence-corrected chi connectivity index (χ1v) is 3.93. The largest absolute Gasteiger partial charge is 0.461 e. The van der Waals surface area contributed by atoms with Gasteiger partial charge >= 0.3 is 0 Å². The number of nitrogens with zero attached hydrogens (tertiary/aromatic N) is 3. The van der Waals surface area contributed by atoms with Gasteiger partial charge in [0.25, 0.3) is 0 Å². The Morgan fingerprint density at radius 2 is 2.62 bits per heavy atom. The molecule has 0 aliphatic heterocycles. The molecule has 0 spiro atoms. The van der Waals surface area contributed by atoms with Crippen LogP contribution in [0.25, 0.3) is 0 Å². The van der Waals surface area contributed by atoms with Crippen LogP contribution < -0.4 is 4.74 Å². The molecule has 13 heavy (non-hydrogen) atoms. The average molecular weight is 181 g/mol. The lowest BCUT2D eigenvalue weighted by Gasteiger charge is -2.06. The zero-order valence-electron chi connectivity index (χ0n) is 7.34. The fourth-order valence-electron chi connectivity index (χ4n) is 0.833. The van der Waals surface area contributed by atoms with Crippen LogP contribution in [0.1, 0.15) is 13.0 Å². The summed E-state index contributed by atoms with van der Waals surface area (Å²) in [6.07, 6.45) is 1.70. The van der Waals surface area contributed by atoms with E-state index in [2.05, 4.69) is 5.10 Å². The van der Waals surface area contributed by atoms with Gasteiger partial charge in [-0.05, 0) is 6.92 Å². The molecule has 5 heteroatoms. The maximum absolute atomic E-state index is 8.82. The summed E-state index contributed by atoms with van der Waals surface area (Å²) in [4.78, 5) is 0. The summed E-state index contributed by atoms with van der Waals surface area (Å²) in [5, 5.41) is 21.1. The molecule has 0 radical (unpaired) electrons. The topological polar surface area (TPSA) is 71.1 Å². The summed E-state index contributed by atoms with van der Waals surface area (Å²) in [6, 6.07) is 3.43.